The Labute approximate surface area is 181 Å². The number of nitrogen functional groups attached to an aromatic ring is 1. The number of aliphatic hydroxyl groups excluding tert-OH is 1. The number of rotatable bonds is 7. The van der Waals surface area contributed by atoms with Gasteiger partial charge in [-0.3, -0.25) is 10.2 Å². The van der Waals surface area contributed by atoms with E-state index in [1.54, 1.807) is 18.3 Å². The minimum absolute atomic E-state index is 0.0999. The monoisotopic (exact) mass is 422 g/mol. The molecule has 1 aliphatic heterocycles. The van der Waals surface area contributed by atoms with E-state index in [0.717, 1.165) is 37.7 Å². The van der Waals surface area contributed by atoms with Crippen molar-refractivity contribution in [3.8, 4) is 17.5 Å². The van der Waals surface area contributed by atoms with E-state index in [-0.39, 0.29) is 18.0 Å². The van der Waals surface area contributed by atoms with E-state index in [0.29, 0.717) is 29.6 Å². The van der Waals surface area contributed by atoms with Gasteiger partial charge in [0.2, 0.25) is 0 Å². The van der Waals surface area contributed by atoms with Gasteiger partial charge in [-0.25, -0.2) is 4.98 Å². The normalized spacial score (nSPS) is 15.0. The van der Waals surface area contributed by atoms with Gasteiger partial charge in [-0.05, 0) is 19.1 Å². The standard InChI is InChI=1S/C21H27N9O/c1-14(23)12-15(2)25-21-27-19(16(13-22)20(24)28-21)17-4-3-5-18(26-17)30-8-6-29(7-9-30)10-11-31/h3-5,12,23,31H,6-11H2,1-2H3,(H3,24,25,27,28)/p+1/b15-12-,23-14?. The predicted molar refractivity (Wildman–Crippen MR) is 119 cm³/mol. The zero-order valence-electron chi connectivity index (χ0n) is 17.8. The number of pyridine rings is 1. The molecule has 0 aromatic carbocycles. The van der Waals surface area contributed by atoms with Crippen LogP contribution < -0.4 is 16.0 Å². The molecule has 1 aliphatic rings. The first-order chi connectivity index (χ1) is 14.9. The number of nitrogens with one attached hydrogen (secondary N) is 1. The highest BCUT2D eigenvalue weighted by molar-refractivity contribution is 5.90. The average molecular weight is 423 g/mol. The molecule has 0 atom stereocenters. The molecule has 31 heavy (non-hydrogen) atoms. The Morgan fingerprint density at radius 2 is 2.00 bits per heavy atom. The number of hydrogen-bond donors (Lipinski definition) is 4. The molecule has 0 saturated carbocycles. The van der Waals surface area contributed by atoms with Crippen LogP contribution in [0.5, 0.6) is 0 Å². The molecule has 0 amide bonds. The second-order valence-corrected chi connectivity index (χ2v) is 7.45. The number of piperazine rings is 1. The SMILES string of the molecule is CC(=N)/C=C(/C)[NH2+]c1nc(N)c(C#N)c(-c2cccc(N3CCN(CCO)CC3)n2)n1. The number of aromatic nitrogens is 3. The maximum atomic E-state index is 9.63. The van der Waals surface area contributed by atoms with Gasteiger partial charge in [0, 0.05) is 51.4 Å². The van der Waals surface area contributed by atoms with Crippen molar-refractivity contribution >= 4 is 23.3 Å². The molecule has 3 heterocycles. The molecule has 0 bridgehead atoms. The zero-order valence-corrected chi connectivity index (χ0v) is 17.8. The van der Waals surface area contributed by atoms with Crippen molar-refractivity contribution in [2.75, 3.05) is 50.0 Å². The number of nitrogens with zero attached hydrogens (tertiary/aromatic N) is 6. The summed E-state index contributed by atoms with van der Waals surface area (Å²) in [7, 11) is 0. The first-order valence-electron chi connectivity index (χ1n) is 10.1. The minimum atomic E-state index is 0.0999. The van der Waals surface area contributed by atoms with Crippen LogP contribution in [0.2, 0.25) is 0 Å². The fraction of sp³-hybridized carbons (Fsp3) is 0.381. The van der Waals surface area contributed by atoms with Gasteiger partial charge >= 0.3 is 5.95 Å². The Hall–Kier alpha value is -3.39. The first-order valence-corrected chi connectivity index (χ1v) is 10.1. The van der Waals surface area contributed by atoms with Crippen LogP contribution in [0.4, 0.5) is 17.6 Å². The third-order valence-corrected chi connectivity index (χ3v) is 4.96. The molecular formula is C21H28N9O+. The van der Waals surface area contributed by atoms with Crippen molar-refractivity contribution < 1.29 is 10.4 Å². The maximum Gasteiger partial charge on any atom is 0.333 e. The molecule has 2 aromatic heterocycles. The fourth-order valence-electron chi connectivity index (χ4n) is 3.52. The molecule has 0 spiro atoms. The Kier molecular flexibility index (Phi) is 7.25. The number of hydrogen-bond acceptors (Lipinski definition) is 9. The van der Waals surface area contributed by atoms with Crippen LogP contribution in [0.25, 0.3) is 11.4 Å². The second-order valence-electron chi connectivity index (χ2n) is 7.45. The quantitative estimate of drug-likeness (QED) is 0.463. The van der Waals surface area contributed by atoms with E-state index >= 15 is 0 Å². The van der Waals surface area contributed by atoms with Crippen molar-refractivity contribution in [2.45, 2.75) is 13.8 Å². The van der Waals surface area contributed by atoms with E-state index in [1.807, 2.05) is 25.1 Å². The Morgan fingerprint density at radius 3 is 2.65 bits per heavy atom. The molecule has 10 heteroatoms. The summed E-state index contributed by atoms with van der Waals surface area (Å²) in [5.74, 6) is 1.28. The van der Waals surface area contributed by atoms with Gasteiger partial charge in [0.15, 0.2) is 5.82 Å². The molecule has 1 saturated heterocycles. The van der Waals surface area contributed by atoms with E-state index in [4.69, 9.17) is 21.2 Å². The lowest BCUT2D eigenvalue weighted by atomic mass is 10.1. The number of β-amino-alcohol motifs (C(OH)–C–C–N with tert-alkyl or cyclic N) is 1. The summed E-state index contributed by atoms with van der Waals surface area (Å²) in [5.41, 5.74) is 8.42. The minimum Gasteiger partial charge on any atom is -0.395 e. The molecule has 162 valence electrons. The lowest BCUT2D eigenvalue weighted by molar-refractivity contribution is -0.525. The highest BCUT2D eigenvalue weighted by atomic mass is 16.3. The van der Waals surface area contributed by atoms with Gasteiger partial charge < -0.3 is 21.1 Å². The molecule has 3 rings (SSSR count). The van der Waals surface area contributed by atoms with Gasteiger partial charge in [-0.1, -0.05) is 6.07 Å². The number of anilines is 2. The van der Waals surface area contributed by atoms with Crippen LogP contribution in [-0.4, -0.2) is 70.0 Å². The van der Waals surface area contributed by atoms with E-state index in [2.05, 4.69) is 25.8 Å². The fourth-order valence-corrected chi connectivity index (χ4v) is 3.52. The van der Waals surface area contributed by atoms with Crippen LogP contribution in [-0.2, 0) is 0 Å². The van der Waals surface area contributed by atoms with Gasteiger partial charge in [0.05, 0.1) is 12.3 Å². The number of nitrogens with two attached hydrogens (primary N) is 2. The number of nitriles is 1. The second kappa shape index (κ2) is 10.1. The third kappa shape index (κ3) is 5.61. The summed E-state index contributed by atoms with van der Waals surface area (Å²) in [4.78, 5) is 17.9. The molecular weight excluding hydrogens is 394 g/mol. The van der Waals surface area contributed by atoms with E-state index < -0.39 is 0 Å². The van der Waals surface area contributed by atoms with Crippen LogP contribution in [0.15, 0.2) is 30.0 Å². The summed E-state index contributed by atoms with van der Waals surface area (Å²) >= 11 is 0. The van der Waals surface area contributed by atoms with Gasteiger partial charge in [0.25, 0.3) is 0 Å². The van der Waals surface area contributed by atoms with E-state index in [9.17, 15) is 5.26 Å². The largest absolute Gasteiger partial charge is 0.395 e. The van der Waals surface area contributed by atoms with Crippen molar-refractivity contribution in [3.63, 3.8) is 0 Å². The zero-order chi connectivity index (χ0) is 22.4. The highest BCUT2D eigenvalue weighted by Crippen LogP contribution is 2.26. The molecule has 6 N–H and O–H groups in total. The van der Waals surface area contributed by atoms with Crippen molar-refractivity contribution in [1.29, 1.82) is 10.7 Å². The summed E-state index contributed by atoms with van der Waals surface area (Å²) in [6.45, 7) is 7.70. The number of allylic oxidation sites excluding steroid dienone is 2. The molecule has 1 fully saturated rings. The molecule has 2 aromatic rings. The van der Waals surface area contributed by atoms with Crippen molar-refractivity contribution in [2.24, 2.45) is 0 Å². The third-order valence-electron chi connectivity index (χ3n) is 4.96. The topological polar surface area (TPSA) is 156 Å². The summed E-state index contributed by atoms with van der Waals surface area (Å²) in [6, 6.07) is 7.74. The molecule has 0 unspecified atom stereocenters. The van der Waals surface area contributed by atoms with Crippen molar-refractivity contribution in [3.05, 3.63) is 35.5 Å². The van der Waals surface area contributed by atoms with Gasteiger partial charge in [-0.15, -0.1) is 0 Å². The van der Waals surface area contributed by atoms with Gasteiger partial charge in [0.1, 0.15) is 28.8 Å². The lowest BCUT2D eigenvalue weighted by Gasteiger charge is -2.35. The summed E-state index contributed by atoms with van der Waals surface area (Å²) < 4.78 is 0. The van der Waals surface area contributed by atoms with E-state index in [1.165, 1.54) is 0 Å². The summed E-state index contributed by atoms with van der Waals surface area (Å²) in [6.07, 6.45) is 1.70. The number of quaternary nitrogens is 1. The van der Waals surface area contributed by atoms with Crippen molar-refractivity contribution in [1.82, 2.24) is 19.9 Å². The first kappa shape index (κ1) is 22.3. The maximum absolute atomic E-state index is 9.63. The molecule has 0 aliphatic carbocycles. The van der Waals surface area contributed by atoms with Crippen LogP contribution in [0.1, 0.15) is 19.4 Å². The van der Waals surface area contributed by atoms with Crippen LogP contribution in [0.3, 0.4) is 0 Å². The van der Waals surface area contributed by atoms with Gasteiger partial charge in [-0.2, -0.15) is 15.2 Å². The Balaban J connectivity index is 1.91. The lowest BCUT2D eigenvalue weighted by Crippen LogP contribution is -2.76. The predicted octanol–water partition coefficient (Wildman–Crippen LogP) is 0.245. The Morgan fingerprint density at radius 1 is 1.26 bits per heavy atom. The Bertz CT molecular complexity index is 1020. The summed E-state index contributed by atoms with van der Waals surface area (Å²) in [5, 5.41) is 28.1. The molecule has 0 radical (unpaired) electrons. The highest BCUT2D eigenvalue weighted by Gasteiger charge is 2.21. The average Bonchev–Trinajstić information content (AvgIpc) is 2.73. The smallest absolute Gasteiger partial charge is 0.333 e. The van der Waals surface area contributed by atoms with Crippen LogP contribution in [0, 0.1) is 16.7 Å². The van der Waals surface area contributed by atoms with Crippen LogP contribution >= 0.6 is 0 Å². The number of aliphatic hydroxyl groups is 1. The molecule has 10 nitrogen and oxygen atoms in total.